The fraction of sp³-hybridized carbons (Fsp3) is 0.222. The second-order valence-corrected chi connectivity index (χ2v) is 5.39. The van der Waals surface area contributed by atoms with Crippen LogP contribution in [0.3, 0.4) is 0 Å². The van der Waals surface area contributed by atoms with Crippen LogP contribution in [-0.4, -0.2) is 10.1 Å². The number of fused-ring (bicyclic) bond motifs is 1. The van der Waals surface area contributed by atoms with Gasteiger partial charge in [-0.15, -0.1) is 0 Å². The summed E-state index contributed by atoms with van der Waals surface area (Å²) >= 11 is 0. The fourth-order valence-electron chi connectivity index (χ4n) is 2.67. The van der Waals surface area contributed by atoms with Crippen LogP contribution in [0, 0.1) is 0 Å². The van der Waals surface area contributed by atoms with Gasteiger partial charge in [0.05, 0.1) is 6.10 Å². The maximum atomic E-state index is 10.4. The lowest BCUT2D eigenvalue weighted by Crippen LogP contribution is -2.03. The minimum absolute atomic E-state index is 0.341. The van der Waals surface area contributed by atoms with Crippen molar-refractivity contribution in [2.75, 3.05) is 0 Å². The van der Waals surface area contributed by atoms with E-state index < -0.39 is 6.10 Å². The Morgan fingerprint density at radius 3 is 2.60 bits per heavy atom. The van der Waals surface area contributed by atoms with Crippen LogP contribution in [-0.2, 0) is 0 Å². The summed E-state index contributed by atoms with van der Waals surface area (Å²) < 4.78 is 0. The Morgan fingerprint density at radius 2 is 1.80 bits per heavy atom. The lowest BCUT2D eigenvalue weighted by Gasteiger charge is -2.17. The Morgan fingerprint density at radius 1 is 1.00 bits per heavy atom. The summed E-state index contributed by atoms with van der Waals surface area (Å²) in [6, 6.07) is 18.5. The number of aliphatic hydroxyl groups excluding tert-OH is 1. The first kappa shape index (κ1) is 12.9. The molecule has 1 heterocycles. The Balaban J connectivity index is 1.76. The third kappa shape index (κ3) is 2.61. The molecule has 1 aromatic heterocycles. The van der Waals surface area contributed by atoms with Crippen molar-refractivity contribution < 1.29 is 5.11 Å². The third-order valence-electron chi connectivity index (χ3n) is 3.91. The van der Waals surface area contributed by atoms with E-state index in [2.05, 4.69) is 30.1 Å². The van der Waals surface area contributed by atoms with Gasteiger partial charge in [-0.05, 0) is 47.1 Å². The van der Waals surface area contributed by atoms with Gasteiger partial charge in [-0.25, -0.2) is 0 Å². The molecule has 2 N–H and O–H groups in total. The van der Waals surface area contributed by atoms with Crippen molar-refractivity contribution in [2.45, 2.75) is 25.4 Å². The Labute approximate surface area is 119 Å². The van der Waals surface area contributed by atoms with Crippen LogP contribution in [0.5, 0.6) is 0 Å². The second-order valence-electron chi connectivity index (χ2n) is 5.39. The molecule has 2 atom stereocenters. The van der Waals surface area contributed by atoms with Gasteiger partial charge in [-0.2, -0.15) is 0 Å². The quantitative estimate of drug-likeness (QED) is 0.721. The molecular weight excluding hydrogens is 246 g/mol. The Hall–Kier alpha value is -2.06. The predicted octanol–water partition coefficient (Wildman–Crippen LogP) is 4.40. The number of H-pyrrole nitrogens is 1. The van der Waals surface area contributed by atoms with Crippen molar-refractivity contribution in [3.05, 3.63) is 71.9 Å². The topological polar surface area (TPSA) is 36.0 Å². The van der Waals surface area contributed by atoms with E-state index in [-0.39, 0.29) is 0 Å². The average Bonchev–Trinajstić information content (AvgIpc) is 2.95. The third-order valence-corrected chi connectivity index (χ3v) is 3.91. The highest BCUT2D eigenvalue weighted by atomic mass is 16.3. The Kier molecular flexibility index (Phi) is 3.57. The van der Waals surface area contributed by atoms with E-state index in [9.17, 15) is 5.11 Å². The van der Waals surface area contributed by atoms with Crippen molar-refractivity contribution in [1.82, 2.24) is 4.98 Å². The van der Waals surface area contributed by atoms with Crippen LogP contribution in [0.1, 0.15) is 36.5 Å². The van der Waals surface area contributed by atoms with E-state index in [1.54, 1.807) is 0 Å². The minimum atomic E-state index is -0.426. The van der Waals surface area contributed by atoms with Crippen LogP contribution in [0.15, 0.2) is 60.8 Å². The maximum Gasteiger partial charge on any atom is 0.0796 e. The molecule has 0 amide bonds. The largest absolute Gasteiger partial charge is 0.388 e. The molecule has 2 nitrogen and oxygen atoms in total. The normalized spacial score (nSPS) is 14.3. The molecule has 0 aliphatic carbocycles. The van der Waals surface area contributed by atoms with Crippen LogP contribution in [0.4, 0.5) is 0 Å². The van der Waals surface area contributed by atoms with Crippen LogP contribution in [0.2, 0.25) is 0 Å². The summed E-state index contributed by atoms with van der Waals surface area (Å²) in [5, 5.41) is 11.6. The molecule has 2 unspecified atom stereocenters. The van der Waals surface area contributed by atoms with Crippen molar-refractivity contribution in [2.24, 2.45) is 0 Å². The van der Waals surface area contributed by atoms with Gasteiger partial charge >= 0.3 is 0 Å². The number of rotatable bonds is 4. The van der Waals surface area contributed by atoms with E-state index in [0.717, 1.165) is 22.9 Å². The van der Waals surface area contributed by atoms with Crippen molar-refractivity contribution in [3.63, 3.8) is 0 Å². The standard InChI is InChI=1S/C18H19NO/c1-13(14-5-3-2-4-6-14)11-18(20)16-7-8-17-15(12-16)9-10-19-17/h2-10,12-13,18-20H,11H2,1H3. The molecule has 0 spiro atoms. The van der Waals surface area contributed by atoms with Gasteiger partial charge in [-0.3, -0.25) is 0 Å². The van der Waals surface area contributed by atoms with Gasteiger partial charge < -0.3 is 10.1 Å². The molecule has 3 aromatic rings. The molecule has 0 aliphatic rings. The number of hydrogen-bond acceptors (Lipinski definition) is 1. The number of aromatic amines is 1. The first-order chi connectivity index (χ1) is 9.74. The monoisotopic (exact) mass is 265 g/mol. The summed E-state index contributed by atoms with van der Waals surface area (Å²) in [6.07, 6.45) is 2.23. The van der Waals surface area contributed by atoms with Gasteiger partial charge in [0.25, 0.3) is 0 Å². The number of aromatic nitrogens is 1. The zero-order valence-corrected chi connectivity index (χ0v) is 11.6. The molecule has 102 valence electrons. The maximum absolute atomic E-state index is 10.4. The molecule has 0 saturated carbocycles. The molecule has 2 heteroatoms. The van der Waals surface area contributed by atoms with E-state index in [1.807, 2.05) is 42.6 Å². The number of aliphatic hydroxyl groups is 1. The molecule has 0 radical (unpaired) electrons. The lowest BCUT2D eigenvalue weighted by atomic mass is 9.92. The number of hydrogen-bond donors (Lipinski definition) is 2. The molecule has 0 saturated heterocycles. The first-order valence-electron chi connectivity index (χ1n) is 7.04. The van der Waals surface area contributed by atoms with Gasteiger partial charge in [0.2, 0.25) is 0 Å². The summed E-state index contributed by atoms with van der Waals surface area (Å²) in [7, 11) is 0. The van der Waals surface area contributed by atoms with Crippen LogP contribution < -0.4 is 0 Å². The van der Waals surface area contributed by atoms with E-state index in [4.69, 9.17) is 0 Å². The SMILES string of the molecule is CC(CC(O)c1ccc2[nH]ccc2c1)c1ccccc1. The Bertz CT molecular complexity index is 687. The summed E-state index contributed by atoms with van der Waals surface area (Å²) in [5.74, 6) is 0.341. The van der Waals surface area contributed by atoms with Crippen molar-refractivity contribution in [1.29, 1.82) is 0 Å². The van der Waals surface area contributed by atoms with Gasteiger partial charge in [0.15, 0.2) is 0 Å². The highest BCUT2D eigenvalue weighted by Gasteiger charge is 2.14. The van der Waals surface area contributed by atoms with Crippen LogP contribution >= 0.6 is 0 Å². The van der Waals surface area contributed by atoms with E-state index in [0.29, 0.717) is 5.92 Å². The van der Waals surface area contributed by atoms with Gasteiger partial charge in [-0.1, -0.05) is 43.3 Å². The highest BCUT2D eigenvalue weighted by molar-refractivity contribution is 5.80. The first-order valence-corrected chi connectivity index (χ1v) is 7.04. The molecular formula is C18H19NO. The predicted molar refractivity (Wildman–Crippen MR) is 82.7 cm³/mol. The lowest BCUT2D eigenvalue weighted by molar-refractivity contribution is 0.160. The molecule has 0 fully saturated rings. The highest BCUT2D eigenvalue weighted by Crippen LogP contribution is 2.29. The molecule has 20 heavy (non-hydrogen) atoms. The zero-order chi connectivity index (χ0) is 13.9. The van der Waals surface area contributed by atoms with E-state index in [1.165, 1.54) is 5.56 Å². The van der Waals surface area contributed by atoms with Crippen molar-refractivity contribution >= 4 is 10.9 Å². The van der Waals surface area contributed by atoms with E-state index >= 15 is 0 Å². The number of benzene rings is 2. The summed E-state index contributed by atoms with van der Waals surface area (Å²) in [4.78, 5) is 3.17. The molecule has 0 aliphatic heterocycles. The molecule has 2 aromatic carbocycles. The fourth-order valence-corrected chi connectivity index (χ4v) is 2.67. The van der Waals surface area contributed by atoms with Crippen LogP contribution in [0.25, 0.3) is 10.9 Å². The summed E-state index contributed by atoms with van der Waals surface area (Å²) in [6.45, 7) is 2.16. The second kappa shape index (κ2) is 5.51. The molecule has 3 rings (SSSR count). The molecule has 0 bridgehead atoms. The van der Waals surface area contributed by atoms with Gasteiger partial charge in [0, 0.05) is 11.7 Å². The van der Waals surface area contributed by atoms with Crippen molar-refractivity contribution in [3.8, 4) is 0 Å². The number of nitrogens with one attached hydrogen (secondary N) is 1. The van der Waals surface area contributed by atoms with Gasteiger partial charge in [0.1, 0.15) is 0 Å². The smallest absolute Gasteiger partial charge is 0.0796 e. The average molecular weight is 265 g/mol. The minimum Gasteiger partial charge on any atom is -0.388 e. The summed E-state index contributed by atoms with van der Waals surface area (Å²) in [5.41, 5.74) is 3.37. The zero-order valence-electron chi connectivity index (χ0n) is 11.6.